The minimum atomic E-state index is -0.164. The van der Waals surface area contributed by atoms with Crippen LogP contribution in [0.15, 0.2) is 158 Å². The maximum atomic E-state index is 7.15. The summed E-state index contributed by atoms with van der Waals surface area (Å²) in [6, 6.07) is 53.1. The molecule has 0 saturated carbocycles. The number of hydrogen-bond donors (Lipinski definition) is 0. The Balaban J connectivity index is 1.16. The number of rotatable bonds is 13. The predicted molar refractivity (Wildman–Crippen MR) is 296 cm³/mol. The van der Waals surface area contributed by atoms with E-state index in [9.17, 15) is 0 Å². The van der Waals surface area contributed by atoms with Crippen molar-refractivity contribution in [1.29, 1.82) is 0 Å². The first kappa shape index (κ1) is 48.1. The van der Waals surface area contributed by atoms with Gasteiger partial charge in [-0.05, 0) is 151 Å². The molecule has 9 aromatic rings. The Labute approximate surface area is 417 Å². The third-order valence-corrected chi connectivity index (χ3v) is 13.9. The Hall–Kier alpha value is -6.98. The van der Waals surface area contributed by atoms with Gasteiger partial charge in [-0.2, -0.15) is 0 Å². The zero-order valence-corrected chi connectivity index (χ0v) is 43.6. The first-order chi connectivity index (χ1) is 33.5. The van der Waals surface area contributed by atoms with Crippen LogP contribution in [0.5, 0.6) is 11.5 Å². The Morgan fingerprint density at radius 1 is 0.443 bits per heavy atom. The van der Waals surface area contributed by atoms with Gasteiger partial charge in [0.05, 0.1) is 22.4 Å². The number of hydrogen-bond acceptors (Lipinski definition) is 3. The van der Waals surface area contributed by atoms with Crippen molar-refractivity contribution in [1.82, 2.24) is 19.1 Å². The fraction of sp³-hybridized carbons (Fsp3) is 0.292. The maximum absolute atomic E-state index is 7.15. The number of aromatic nitrogens is 4. The van der Waals surface area contributed by atoms with E-state index in [0.29, 0.717) is 11.8 Å². The Morgan fingerprint density at radius 3 is 1.57 bits per heavy atom. The Bertz CT molecular complexity index is 3250. The van der Waals surface area contributed by atoms with Crippen LogP contribution in [0, 0.1) is 0 Å². The summed E-state index contributed by atoms with van der Waals surface area (Å²) in [6.45, 7) is 29.7. The monoisotopic (exact) mass is 923 g/mol. The zero-order valence-electron chi connectivity index (χ0n) is 43.6. The van der Waals surface area contributed by atoms with Crippen LogP contribution in [-0.4, -0.2) is 19.1 Å². The number of fused-ring (bicyclic) bond motifs is 1. The number of ether oxygens (including phenoxy) is 1. The highest BCUT2D eigenvalue weighted by Crippen LogP contribution is 2.43. The molecule has 0 aliphatic carbocycles. The van der Waals surface area contributed by atoms with Crippen molar-refractivity contribution in [3.63, 3.8) is 0 Å². The fourth-order valence-electron chi connectivity index (χ4n) is 9.90. The van der Waals surface area contributed by atoms with Gasteiger partial charge in [0.15, 0.2) is 0 Å². The summed E-state index contributed by atoms with van der Waals surface area (Å²) in [6.07, 6.45) is 4.07. The lowest BCUT2D eigenvalue weighted by atomic mass is 9.85. The summed E-state index contributed by atoms with van der Waals surface area (Å²) < 4.78 is 11.9. The lowest BCUT2D eigenvalue weighted by Gasteiger charge is -2.25. The first-order valence-corrected chi connectivity index (χ1v) is 25.4. The summed E-state index contributed by atoms with van der Waals surface area (Å²) in [7, 11) is 0. The van der Waals surface area contributed by atoms with Crippen LogP contribution in [0.4, 0.5) is 0 Å². The lowest BCUT2D eigenvalue weighted by molar-refractivity contribution is 0.478. The van der Waals surface area contributed by atoms with Crippen molar-refractivity contribution in [2.45, 2.75) is 125 Å². The van der Waals surface area contributed by atoms with Gasteiger partial charge in [-0.15, -0.1) is 0 Å². The molecule has 5 nitrogen and oxygen atoms in total. The van der Waals surface area contributed by atoms with E-state index in [1.54, 1.807) is 0 Å². The van der Waals surface area contributed by atoms with Crippen molar-refractivity contribution in [2.24, 2.45) is 0 Å². The van der Waals surface area contributed by atoms with E-state index in [1.807, 2.05) is 6.20 Å². The quantitative estimate of drug-likeness (QED) is 0.116. The molecule has 2 heterocycles. The van der Waals surface area contributed by atoms with Crippen molar-refractivity contribution in [3.05, 3.63) is 191 Å². The van der Waals surface area contributed by atoms with Gasteiger partial charge in [0.2, 0.25) is 0 Å². The molecule has 7 aromatic carbocycles. The molecule has 0 unspecified atom stereocenters. The highest BCUT2D eigenvalue weighted by Gasteiger charge is 2.26. The van der Waals surface area contributed by atoms with Crippen LogP contribution in [0.1, 0.15) is 153 Å². The van der Waals surface area contributed by atoms with Crippen LogP contribution < -0.4 is 4.74 Å². The van der Waals surface area contributed by atoms with Crippen LogP contribution in [-0.2, 0) is 5.41 Å². The van der Waals surface area contributed by atoms with E-state index in [-0.39, 0.29) is 23.2 Å². The molecule has 0 spiro atoms. The Morgan fingerprint density at radius 2 is 0.986 bits per heavy atom. The molecule has 0 bridgehead atoms. The maximum Gasteiger partial charge on any atom is 0.145 e. The second kappa shape index (κ2) is 19.4. The highest BCUT2D eigenvalue weighted by molar-refractivity contribution is 5.85. The van der Waals surface area contributed by atoms with Gasteiger partial charge in [-0.3, -0.25) is 9.13 Å². The topological polar surface area (TPSA) is 44.9 Å². The number of nitrogens with zero attached hydrogens (tertiary/aromatic N) is 4. The van der Waals surface area contributed by atoms with E-state index in [0.717, 1.165) is 45.3 Å². The molecule has 0 fully saturated rings. The molecule has 0 N–H and O–H groups in total. The highest BCUT2D eigenvalue weighted by atomic mass is 16.5. The second-order valence-electron chi connectivity index (χ2n) is 21.8. The summed E-state index contributed by atoms with van der Waals surface area (Å²) >= 11 is 0. The number of benzene rings is 7. The van der Waals surface area contributed by atoms with Crippen LogP contribution in [0.3, 0.4) is 0 Å². The molecule has 356 valence electrons. The third-order valence-electron chi connectivity index (χ3n) is 13.9. The minimum Gasteiger partial charge on any atom is -0.457 e. The average Bonchev–Trinajstić information content (AvgIpc) is 3.99. The first-order valence-electron chi connectivity index (χ1n) is 25.4. The third kappa shape index (κ3) is 9.51. The molecule has 5 heteroatoms. The molecular weight excluding hydrogens is 853 g/mol. The van der Waals surface area contributed by atoms with E-state index >= 15 is 0 Å². The average molecular weight is 923 g/mol. The summed E-state index contributed by atoms with van der Waals surface area (Å²) in [5.74, 6) is 4.76. The van der Waals surface area contributed by atoms with Crippen molar-refractivity contribution in [2.75, 3.05) is 0 Å². The van der Waals surface area contributed by atoms with Gasteiger partial charge >= 0.3 is 0 Å². The smallest absolute Gasteiger partial charge is 0.145 e. The van der Waals surface area contributed by atoms with Gasteiger partial charge in [-0.1, -0.05) is 175 Å². The van der Waals surface area contributed by atoms with Gasteiger partial charge in [0.25, 0.3) is 0 Å². The van der Waals surface area contributed by atoms with Crippen LogP contribution in [0.2, 0.25) is 0 Å². The fourth-order valence-corrected chi connectivity index (χ4v) is 9.90. The van der Waals surface area contributed by atoms with E-state index in [2.05, 4.69) is 251 Å². The molecule has 70 heavy (non-hydrogen) atoms. The summed E-state index contributed by atoms with van der Waals surface area (Å²) in [5, 5.41) is 0. The molecule has 9 rings (SSSR count). The van der Waals surface area contributed by atoms with Crippen molar-refractivity contribution in [3.8, 4) is 67.9 Å². The van der Waals surface area contributed by atoms with E-state index < -0.39 is 0 Å². The molecule has 2 aromatic heterocycles. The van der Waals surface area contributed by atoms with Crippen LogP contribution in [0.25, 0.3) is 67.4 Å². The summed E-state index contributed by atoms with van der Waals surface area (Å²) in [4.78, 5) is 10.6. The predicted octanol–water partition coefficient (Wildman–Crippen LogP) is 18.6. The largest absolute Gasteiger partial charge is 0.457 e. The molecule has 0 aliphatic rings. The number of para-hydroxylation sites is 3. The van der Waals surface area contributed by atoms with Crippen molar-refractivity contribution < 1.29 is 4.74 Å². The van der Waals surface area contributed by atoms with Gasteiger partial charge in [0.1, 0.15) is 23.1 Å². The molecule has 0 aliphatic heterocycles. The molecule has 0 saturated heterocycles. The van der Waals surface area contributed by atoms with Gasteiger partial charge in [-0.25, -0.2) is 9.97 Å². The van der Waals surface area contributed by atoms with Crippen LogP contribution >= 0.6 is 0 Å². The molecule has 0 atom stereocenters. The normalized spacial score (nSPS) is 12.1. The van der Waals surface area contributed by atoms with E-state index in [4.69, 9.17) is 14.7 Å². The van der Waals surface area contributed by atoms with Gasteiger partial charge in [0, 0.05) is 23.5 Å². The summed E-state index contributed by atoms with van der Waals surface area (Å²) in [5.41, 5.74) is 18.8. The molecule has 0 radical (unpaired) electrons. The lowest BCUT2D eigenvalue weighted by Crippen LogP contribution is -2.12. The standard InChI is InChI=1S/C65H70N4O/c1-40(2)48-32-50(64-67-59-24-17-18-25-60(59)69(64)62-55(41(3)4)22-19-23-56(62)42(5)6)35-53(34-48)70-54-36-51(33-52(39-54)65(11,12)13)63-66-30-31-68(63)61-57(43(7)8)37-49(38-58(61)44(9)10)47-28-26-46(27-29-47)45-20-15-14-16-21-45/h14-44H,1-13H3. The Kier molecular flexibility index (Phi) is 13.3. The van der Waals surface area contributed by atoms with Crippen molar-refractivity contribution >= 4 is 11.0 Å². The van der Waals surface area contributed by atoms with Gasteiger partial charge < -0.3 is 4.74 Å². The molecule has 0 amide bonds. The zero-order chi connectivity index (χ0) is 49.6. The number of imidazole rings is 2. The second-order valence-corrected chi connectivity index (χ2v) is 21.8. The minimum absolute atomic E-state index is 0.164. The molecular formula is C65H70N4O. The SMILES string of the molecule is CC(C)c1cc(Oc2cc(-c3nccn3-c3c(C(C)C)cc(-c4ccc(-c5ccccc5)cc4)cc3C(C)C)cc(C(C)(C)C)c2)cc(-c2nc3ccccc3n2-c2c(C(C)C)cccc2C(C)C)c1. The van der Waals surface area contributed by atoms with E-state index in [1.165, 1.54) is 67.0 Å².